The van der Waals surface area contributed by atoms with Gasteiger partial charge in [0, 0.05) is 44.3 Å². The van der Waals surface area contributed by atoms with Crippen molar-refractivity contribution in [2.45, 2.75) is 0 Å². The lowest BCUT2D eigenvalue weighted by Crippen LogP contribution is -2.11. The Balaban J connectivity index is 1.09. The largest absolute Gasteiger partial charge is 0.310 e. The second kappa shape index (κ2) is 14.3. The van der Waals surface area contributed by atoms with Crippen LogP contribution in [0.4, 0.5) is 17.1 Å². The molecule has 0 saturated heterocycles. The number of rotatable bonds is 7. The summed E-state index contributed by atoms with van der Waals surface area (Å²) in [5, 5.41) is 7.40. The fourth-order valence-corrected chi connectivity index (χ4v) is 9.67. The van der Waals surface area contributed by atoms with Gasteiger partial charge in [0.15, 0.2) is 0 Å². The van der Waals surface area contributed by atoms with E-state index in [1.54, 1.807) is 0 Å². The highest BCUT2D eigenvalue weighted by atomic mass is 15.2. The molecule has 61 heavy (non-hydrogen) atoms. The maximum absolute atomic E-state index is 2.45. The molecule has 0 amide bonds. The molecular formula is C58H39N3. The summed E-state index contributed by atoms with van der Waals surface area (Å²) in [6, 6.07) is 85.9. The molecular weight excluding hydrogens is 739 g/mol. The maximum atomic E-state index is 2.45. The van der Waals surface area contributed by atoms with Crippen LogP contribution in [0.25, 0.3) is 88.0 Å². The van der Waals surface area contributed by atoms with Crippen LogP contribution in [-0.4, -0.2) is 9.13 Å². The Morgan fingerprint density at radius 2 is 0.787 bits per heavy atom. The van der Waals surface area contributed by atoms with Crippen molar-refractivity contribution in [2.24, 2.45) is 0 Å². The van der Waals surface area contributed by atoms with Crippen LogP contribution in [0.1, 0.15) is 0 Å². The lowest BCUT2D eigenvalue weighted by Gasteiger charge is -2.27. The summed E-state index contributed by atoms with van der Waals surface area (Å²) < 4.78 is 4.80. The smallest absolute Gasteiger partial charge is 0.0562 e. The first-order chi connectivity index (χ1) is 30.3. The summed E-state index contributed by atoms with van der Waals surface area (Å²) in [7, 11) is 0. The van der Waals surface area contributed by atoms with Crippen molar-refractivity contribution in [3.63, 3.8) is 0 Å². The summed E-state index contributed by atoms with van der Waals surface area (Å²) in [4.78, 5) is 2.45. The summed E-state index contributed by atoms with van der Waals surface area (Å²) in [5.41, 5.74) is 15.1. The van der Waals surface area contributed by atoms with Crippen LogP contribution in [0.3, 0.4) is 0 Å². The van der Waals surface area contributed by atoms with E-state index in [1.165, 1.54) is 71.1 Å². The van der Waals surface area contributed by atoms with Crippen molar-refractivity contribution in [3.8, 4) is 33.6 Å². The normalized spacial score (nSPS) is 11.6. The molecule has 3 nitrogen and oxygen atoms in total. The molecule has 0 aliphatic rings. The van der Waals surface area contributed by atoms with Crippen LogP contribution in [0.15, 0.2) is 237 Å². The Bertz CT molecular complexity index is 3520. The highest BCUT2D eigenvalue weighted by Gasteiger charge is 2.22. The van der Waals surface area contributed by atoms with Crippen LogP contribution in [0.2, 0.25) is 0 Å². The van der Waals surface area contributed by atoms with E-state index in [1.807, 2.05) is 0 Å². The third kappa shape index (κ3) is 5.66. The summed E-state index contributed by atoms with van der Waals surface area (Å²) in [6.07, 6.45) is 0. The third-order valence-corrected chi connectivity index (χ3v) is 12.3. The van der Waals surface area contributed by atoms with Gasteiger partial charge in [-0.15, -0.1) is 0 Å². The zero-order chi connectivity index (χ0) is 40.3. The number of para-hydroxylation sites is 4. The molecule has 3 heteroatoms. The minimum atomic E-state index is 1.08. The van der Waals surface area contributed by atoms with Crippen molar-refractivity contribution >= 4 is 71.4 Å². The first kappa shape index (κ1) is 34.9. The summed E-state index contributed by atoms with van der Waals surface area (Å²) >= 11 is 0. The molecule has 0 radical (unpaired) electrons. The van der Waals surface area contributed by atoms with Crippen molar-refractivity contribution in [2.75, 3.05) is 4.90 Å². The van der Waals surface area contributed by atoms with Gasteiger partial charge >= 0.3 is 0 Å². The van der Waals surface area contributed by atoms with E-state index in [2.05, 4.69) is 251 Å². The highest BCUT2D eigenvalue weighted by molar-refractivity contribution is 6.17. The van der Waals surface area contributed by atoms with E-state index in [9.17, 15) is 0 Å². The van der Waals surface area contributed by atoms with Crippen LogP contribution >= 0.6 is 0 Å². The molecule has 0 atom stereocenters. The standard InChI is InChI=1S/C58H39N3/c1-3-17-40(18-4-1)47-28-13-19-42-20-14-29-48(57(42)47)41-35-37-44(38-36-41)59(45-23-15-24-46(39-45)61-52-30-10-7-25-49(52)50-26-8-11-31-53(50)61)55-33-16-34-56-58(55)51-27-9-12-32-54(51)60(56)43-21-5-2-6-22-43/h1-39H. The minimum absolute atomic E-state index is 1.08. The Morgan fingerprint density at radius 3 is 1.46 bits per heavy atom. The molecule has 286 valence electrons. The molecule has 12 rings (SSSR count). The topological polar surface area (TPSA) is 13.1 Å². The average Bonchev–Trinajstić information content (AvgIpc) is 3.86. The zero-order valence-corrected chi connectivity index (χ0v) is 33.4. The number of fused-ring (bicyclic) bond motifs is 7. The Kier molecular flexibility index (Phi) is 8.17. The Morgan fingerprint density at radius 1 is 0.295 bits per heavy atom. The van der Waals surface area contributed by atoms with Crippen molar-refractivity contribution in [1.29, 1.82) is 0 Å². The SMILES string of the molecule is c1ccc(-c2cccc3cccc(-c4ccc(N(c5cccc(-n6c7ccccc7c7ccccc76)c5)c5cccc6c5c5ccccc5n6-c5ccccc5)cc4)c23)cc1. The molecule has 2 aromatic heterocycles. The van der Waals surface area contributed by atoms with Crippen LogP contribution in [-0.2, 0) is 0 Å². The van der Waals surface area contributed by atoms with E-state index >= 15 is 0 Å². The molecule has 2 heterocycles. The van der Waals surface area contributed by atoms with Crippen LogP contribution < -0.4 is 4.90 Å². The average molecular weight is 778 g/mol. The van der Waals surface area contributed by atoms with Gasteiger partial charge in [-0.25, -0.2) is 0 Å². The van der Waals surface area contributed by atoms with Gasteiger partial charge in [-0.3, -0.25) is 0 Å². The van der Waals surface area contributed by atoms with Gasteiger partial charge in [-0.1, -0.05) is 164 Å². The lowest BCUT2D eigenvalue weighted by atomic mass is 9.91. The molecule has 0 aliphatic heterocycles. The number of aromatic nitrogens is 2. The van der Waals surface area contributed by atoms with E-state index in [0.29, 0.717) is 0 Å². The zero-order valence-electron chi connectivity index (χ0n) is 33.4. The molecule has 10 aromatic carbocycles. The lowest BCUT2D eigenvalue weighted by molar-refractivity contribution is 1.17. The quantitative estimate of drug-likeness (QED) is 0.157. The minimum Gasteiger partial charge on any atom is -0.310 e. The first-order valence-corrected chi connectivity index (χ1v) is 20.9. The maximum Gasteiger partial charge on any atom is 0.0562 e. The van der Waals surface area contributed by atoms with Crippen molar-refractivity contribution in [3.05, 3.63) is 237 Å². The van der Waals surface area contributed by atoms with E-state index in [4.69, 9.17) is 0 Å². The Labute approximate surface area is 354 Å². The molecule has 0 saturated carbocycles. The number of benzene rings is 10. The van der Waals surface area contributed by atoms with Gasteiger partial charge < -0.3 is 14.0 Å². The van der Waals surface area contributed by atoms with Gasteiger partial charge in [0.1, 0.15) is 0 Å². The predicted molar refractivity (Wildman–Crippen MR) is 258 cm³/mol. The van der Waals surface area contributed by atoms with Gasteiger partial charge in [-0.2, -0.15) is 0 Å². The van der Waals surface area contributed by atoms with Crippen molar-refractivity contribution in [1.82, 2.24) is 9.13 Å². The predicted octanol–water partition coefficient (Wildman–Crippen LogP) is 15.8. The second-order valence-corrected chi connectivity index (χ2v) is 15.7. The molecule has 0 aliphatic carbocycles. The fourth-order valence-electron chi connectivity index (χ4n) is 9.67. The molecule has 0 bridgehead atoms. The van der Waals surface area contributed by atoms with Crippen LogP contribution in [0.5, 0.6) is 0 Å². The van der Waals surface area contributed by atoms with E-state index in [-0.39, 0.29) is 0 Å². The number of hydrogen-bond acceptors (Lipinski definition) is 1. The molecule has 0 N–H and O–H groups in total. The first-order valence-electron chi connectivity index (χ1n) is 20.9. The van der Waals surface area contributed by atoms with Crippen molar-refractivity contribution < 1.29 is 0 Å². The molecule has 0 spiro atoms. The highest BCUT2D eigenvalue weighted by Crippen LogP contribution is 2.45. The van der Waals surface area contributed by atoms with Gasteiger partial charge in [0.25, 0.3) is 0 Å². The molecule has 0 unspecified atom stereocenters. The van der Waals surface area contributed by atoms with Gasteiger partial charge in [-0.05, 0) is 106 Å². The fraction of sp³-hybridized carbons (Fsp3) is 0. The van der Waals surface area contributed by atoms with E-state index in [0.717, 1.165) is 34.0 Å². The number of hydrogen-bond donors (Lipinski definition) is 0. The Hall–Kier alpha value is -8.14. The third-order valence-electron chi connectivity index (χ3n) is 12.3. The number of nitrogens with zero attached hydrogens (tertiary/aromatic N) is 3. The summed E-state index contributed by atoms with van der Waals surface area (Å²) in [6.45, 7) is 0. The van der Waals surface area contributed by atoms with E-state index < -0.39 is 0 Å². The molecule has 0 fully saturated rings. The van der Waals surface area contributed by atoms with Gasteiger partial charge in [0.05, 0.1) is 27.8 Å². The van der Waals surface area contributed by atoms with Crippen LogP contribution in [0, 0.1) is 0 Å². The summed E-state index contributed by atoms with van der Waals surface area (Å²) in [5.74, 6) is 0. The monoisotopic (exact) mass is 777 g/mol. The number of anilines is 3. The second-order valence-electron chi connectivity index (χ2n) is 15.7. The van der Waals surface area contributed by atoms with Gasteiger partial charge in [0.2, 0.25) is 0 Å². The molecule has 12 aromatic rings.